The first-order valence-corrected chi connectivity index (χ1v) is 5.55. The standard InChI is InChI=1S/C10H14N6O2/c1-3-10(2,9(17)18)6-16-8(13-14-15-16)7-4-11-12-5-7/h4-5H,3,6H2,1-2H3,(H,11,12)(H,17,18). The molecule has 2 aromatic heterocycles. The Hall–Kier alpha value is -2.25. The summed E-state index contributed by atoms with van der Waals surface area (Å²) >= 11 is 0. The lowest BCUT2D eigenvalue weighted by Crippen LogP contribution is -2.32. The number of hydrogen-bond donors (Lipinski definition) is 2. The number of carbonyl (C=O) groups is 1. The Morgan fingerprint density at radius 3 is 2.94 bits per heavy atom. The van der Waals surface area contributed by atoms with Crippen LogP contribution < -0.4 is 0 Å². The lowest BCUT2D eigenvalue weighted by atomic mass is 9.88. The molecule has 0 aliphatic heterocycles. The van der Waals surface area contributed by atoms with Gasteiger partial charge in [-0.05, 0) is 23.8 Å². The van der Waals surface area contributed by atoms with Crippen molar-refractivity contribution in [3.63, 3.8) is 0 Å². The Morgan fingerprint density at radius 2 is 2.39 bits per heavy atom. The number of aromatic amines is 1. The summed E-state index contributed by atoms with van der Waals surface area (Å²) in [5, 5.41) is 27.1. The predicted octanol–water partition coefficient (Wildman–Crippen LogP) is 0.564. The van der Waals surface area contributed by atoms with Gasteiger partial charge in [-0.15, -0.1) is 5.10 Å². The highest BCUT2D eigenvalue weighted by atomic mass is 16.4. The third-order valence-electron chi connectivity index (χ3n) is 3.08. The summed E-state index contributed by atoms with van der Waals surface area (Å²) < 4.78 is 1.49. The van der Waals surface area contributed by atoms with Gasteiger partial charge in [0.2, 0.25) is 0 Å². The molecule has 1 unspecified atom stereocenters. The van der Waals surface area contributed by atoms with E-state index in [-0.39, 0.29) is 6.54 Å². The second-order valence-electron chi connectivity index (χ2n) is 4.37. The molecule has 0 amide bonds. The van der Waals surface area contributed by atoms with Gasteiger partial charge in [0.05, 0.1) is 23.7 Å². The molecule has 2 rings (SSSR count). The molecule has 0 saturated heterocycles. The van der Waals surface area contributed by atoms with Crippen molar-refractivity contribution in [1.82, 2.24) is 30.4 Å². The molecule has 2 N–H and O–H groups in total. The summed E-state index contributed by atoms with van der Waals surface area (Å²) in [4.78, 5) is 11.3. The molecule has 0 aromatic carbocycles. The second-order valence-corrected chi connectivity index (χ2v) is 4.37. The normalized spacial score (nSPS) is 14.3. The summed E-state index contributed by atoms with van der Waals surface area (Å²) in [6.07, 6.45) is 3.74. The lowest BCUT2D eigenvalue weighted by Gasteiger charge is -2.22. The highest BCUT2D eigenvalue weighted by Crippen LogP contribution is 2.25. The van der Waals surface area contributed by atoms with Crippen molar-refractivity contribution in [3.05, 3.63) is 12.4 Å². The van der Waals surface area contributed by atoms with E-state index in [4.69, 9.17) is 0 Å². The van der Waals surface area contributed by atoms with Crippen LogP contribution in [-0.4, -0.2) is 41.5 Å². The fourth-order valence-corrected chi connectivity index (χ4v) is 1.55. The highest BCUT2D eigenvalue weighted by Gasteiger charge is 2.33. The molecular weight excluding hydrogens is 236 g/mol. The van der Waals surface area contributed by atoms with Gasteiger partial charge in [0.15, 0.2) is 5.82 Å². The number of hydrogen-bond acceptors (Lipinski definition) is 5. The maximum absolute atomic E-state index is 11.3. The number of H-pyrrole nitrogens is 1. The number of nitrogens with zero attached hydrogens (tertiary/aromatic N) is 5. The van der Waals surface area contributed by atoms with E-state index in [1.54, 1.807) is 19.3 Å². The van der Waals surface area contributed by atoms with Gasteiger partial charge in [0, 0.05) is 6.20 Å². The van der Waals surface area contributed by atoms with Gasteiger partial charge in [-0.25, -0.2) is 4.68 Å². The van der Waals surface area contributed by atoms with E-state index >= 15 is 0 Å². The van der Waals surface area contributed by atoms with Crippen molar-refractivity contribution in [2.45, 2.75) is 26.8 Å². The molecule has 1 atom stereocenters. The maximum Gasteiger partial charge on any atom is 0.311 e. The van der Waals surface area contributed by atoms with Crippen LogP contribution in [0.1, 0.15) is 20.3 Å². The smallest absolute Gasteiger partial charge is 0.311 e. The van der Waals surface area contributed by atoms with E-state index in [9.17, 15) is 9.90 Å². The van der Waals surface area contributed by atoms with Crippen molar-refractivity contribution >= 4 is 5.97 Å². The molecule has 18 heavy (non-hydrogen) atoms. The zero-order chi connectivity index (χ0) is 13.2. The van der Waals surface area contributed by atoms with Crippen LogP contribution in [0.3, 0.4) is 0 Å². The Morgan fingerprint density at radius 1 is 1.61 bits per heavy atom. The predicted molar refractivity (Wildman–Crippen MR) is 61.4 cm³/mol. The Labute approximate surface area is 103 Å². The number of carboxylic acids is 1. The SMILES string of the molecule is CCC(C)(Cn1nnnc1-c1cn[nH]c1)C(=O)O. The Balaban J connectivity index is 2.31. The van der Waals surface area contributed by atoms with Gasteiger partial charge in [0.25, 0.3) is 0 Å². The third-order valence-corrected chi connectivity index (χ3v) is 3.08. The average Bonchev–Trinajstić information content (AvgIpc) is 2.98. The van der Waals surface area contributed by atoms with Crippen LogP contribution in [0, 0.1) is 5.41 Å². The molecule has 0 saturated carbocycles. The van der Waals surface area contributed by atoms with Crippen LogP contribution in [0.5, 0.6) is 0 Å². The molecule has 0 aliphatic carbocycles. The minimum atomic E-state index is -0.895. The maximum atomic E-state index is 11.3. The molecule has 0 spiro atoms. The largest absolute Gasteiger partial charge is 0.481 e. The molecule has 0 radical (unpaired) electrons. The van der Waals surface area contributed by atoms with Crippen LogP contribution in [-0.2, 0) is 11.3 Å². The van der Waals surface area contributed by atoms with E-state index in [0.717, 1.165) is 5.56 Å². The molecule has 2 heterocycles. The molecule has 8 heteroatoms. The number of carboxylic acid groups (broad SMARTS) is 1. The van der Waals surface area contributed by atoms with Crippen LogP contribution in [0.2, 0.25) is 0 Å². The molecular formula is C10H14N6O2. The fraction of sp³-hybridized carbons (Fsp3) is 0.500. The number of aliphatic carboxylic acids is 1. The molecule has 8 nitrogen and oxygen atoms in total. The summed E-state index contributed by atoms with van der Waals surface area (Å²) in [6.45, 7) is 3.72. The van der Waals surface area contributed by atoms with Gasteiger partial charge < -0.3 is 5.11 Å². The van der Waals surface area contributed by atoms with Gasteiger partial charge in [-0.1, -0.05) is 6.92 Å². The third kappa shape index (κ3) is 2.08. The number of aromatic nitrogens is 6. The Kier molecular flexibility index (Phi) is 3.09. The molecule has 0 aliphatic rings. The van der Waals surface area contributed by atoms with Gasteiger partial charge in [-0.3, -0.25) is 9.89 Å². The first-order chi connectivity index (χ1) is 8.57. The average molecular weight is 250 g/mol. The molecule has 0 fully saturated rings. The lowest BCUT2D eigenvalue weighted by molar-refractivity contribution is -0.149. The van der Waals surface area contributed by atoms with Crippen molar-refractivity contribution in [2.75, 3.05) is 0 Å². The highest BCUT2D eigenvalue weighted by molar-refractivity contribution is 5.74. The van der Waals surface area contributed by atoms with E-state index in [1.807, 2.05) is 6.92 Å². The molecule has 96 valence electrons. The summed E-state index contributed by atoms with van der Waals surface area (Å²) in [5.41, 5.74) is -0.169. The van der Waals surface area contributed by atoms with Crippen molar-refractivity contribution in [3.8, 4) is 11.4 Å². The summed E-state index contributed by atoms with van der Waals surface area (Å²) in [6, 6.07) is 0. The Bertz CT molecular complexity index is 534. The summed E-state index contributed by atoms with van der Waals surface area (Å²) in [5.74, 6) is -0.358. The van der Waals surface area contributed by atoms with Gasteiger partial charge >= 0.3 is 5.97 Å². The van der Waals surface area contributed by atoms with E-state index < -0.39 is 11.4 Å². The van der Waals surface area contributed by atoms with Crippen molar-refractivity contribution in [1.29, 1.82) is 0 Å². The zero-order valence-electron chi connectivity index (χ0n) is 10.2. The van der Waals surface area contributed by atoms with Crippen LogP contribution in [0.4, 0.5) is 0 Å². The van der Waals surface area contributed by atoms with Crippen molar-refractivity contribution < 1.29 is 9.90 Å². The van der Waals surface area contributed by atoms with E-state index in [1.165, 1.54) is 4.68 Å². The zero-order valence-corrected chi connectivity index (χ0v) is 10.2. The molecule has 2 aromatic rings. The van der Waals surface area contributed by atoms with Crippen LogP contribution in [0.15, 0.2) is 12.4 Å². The second kappa shape index (κ2) is 4.55. The first kappa shape index (κ1) is 12.2. The fourth-order valence-electron chi connectivity index (χ4n) is 1.55. The van der Waals surface area contributed by atoms with Crippen LogP contribution in [0.25, 0.3) is 11.4 Å². The van der Waals surface area contributed by atoms with Crippen LogP contribution >= 0.6 is 0 Å². The van der Waals surface area contributed by atoms with E-state index in [2.05, 4.69) is 25.7 Å². The number of tetrazole rings is 1. The monoisotopic (exact) mass is 250 g/mol. The minimum absolute atomic E-state index is 0.215. The summed E-state index contributed by atoms with van der Waals surface area (Å²) in [7, 11) is 0. The quantitative estimate of drug-likeness (QED) is 0.802. The molecule has 0 bridgehead atoms. The number of nitrogens with one attached hydrogen (secondary N) is 1. The topological polar surface area (TPSA) is 110 Å². The van der Waals surface area contributed by atoms with Crippen molar-refractivity contribution in [2.24, 2.45) is 5.41 Å². The first-order valence-electron chi connectivity index (χ1n) is 5.55. The van der Waals surface area contributed by atoms with E-state index in [0.29, 0.717) is 12.2 Å². The number of rotatable bonds is 5. The van der Waals surface area contributed by atoms with Gasteiger partial charge in [0.1, 0.15) is 0 Å². The minimum Gasteiger partial charge on any atom is -0.481 e. The van der Waals surface area contributed by atoms with Gasteiger partial charge in [-0.2, -0.15) is 5.10 Å².